The molecule has 0 saturated carbocycles. The standard InChI is InChI=1S/C25H24N2O3/c1-17-6-8-19(9-7-17)23-16-27-25(30-23)13-12-24(29)26-15-22(28)21-11-10-18-4-2-3-5-20(18)14-21/h2-11,14,16,22,28H,12-13,15H2,1H3,(H,26,29). The fraction of sp³-hybridized carbons (Fsp3) is 0.200. The topological polar surface area (TPSA) is 75.4 Å². The number of hydrogen-bond acceptors (Lipinski definition) is 4. The molecule has 0 radical (unpaired) electrons. The van der Waals surface area contributed by atoms with E-state index in [4.69, 9.17) is 4.42 Å². The molecule has 0 saturated heterocycles. The van der Waals surface area contributed by atoms with Gasteiger partial charge in [0.05, 0.1) is 12.3 Å². The summed E-state index contributed by atoms with van der Waals surface area (Å²) in [5.74, 6) is 1.07. The van der Waals surface area contributed by atoms with Crippen molar-refractivity contribution < 1.29 is 14.3 Å². The van der Waals surface area contributed by atoms with Crippen LogP contribution in [0.2, 0.25) is 0 Å². The maximum Gasteiger partial charge on any atom is 0.220 e. The van der Waals surface area contributed by atoms with Crippen LogP contribution >= 0.6 is 0 Å². The fourth-order valence-electron chi connectivity index (χ4n) is 3.33. The van der Waals surface area contributed by atoms with E-state index >= 15 is 0 Å². The first-order chi connectivity index (χ1) is 14.6. The second-order valence-electron chi connectivity index (χ2n) is 7.41. The van der Waals surface area contributed by atoms with Crippen LogP contribution in [0.25, 0.3) is 22.1 Å². The minimum Gasteiger partial charge on any atom is -0.441 e. The highest BCUT2D eigenvalue weighted by Gasteiger charge is 2.12. The van der Waals surface area contributed by atoms with E-state index in [0.29, 0.717) is 18.1 Å². The first-order valence-electron chi connectivity index (χ1n) is 10.0. The Labute approximate surface area is 175 Å². The third-order valence-corrected chi connectivity index (χ3v) is 5.11. The molecule has 0 spiro atoms. The molecular weight excluding hydrogens is 376 g/mol. The summed E-state index contributed by atoms with van der Waals surface area (Å²) in [6, 6.07) is 21.8. The predicted octanol–water partition coefficient (Wildman–Crippen LogP) is 4.59. The average molecular weight is 400 g/mol. The summed E-state index contributed by atoms with van der Waals surface area (Å²) >= 11 is 0. The van der Waals surface area contributed by atoms with Crippen molar-refractivity contribution in [3.05, 3.63) is 89.9 Å². The molecule has 1 unspecified atom stereocenters. The van der Waals surface area contributed by atoms with Crippen molar-refractivity contribution in [2.75, 3.05) is 6.54 Å². The molecule has 4 rings (SSSR count). The summed E-state index contributed by atoms with van der Waals surface area (Å²) in [4.78, 5) is 16.4. The minimum absolute atomic E-state index is 0.148. The van der Waals surface area contributed by atoms with Gasteiger partial charge in [-0.25, -0.2) is 4.98 Å². The van der Waals surface area contributed by atoms with Crippen molar-refractivity contribution in [1.82, 2.24) is 10.3 Å². The van der Waals surface area contributed by atoms with Gasteiger partial charge >= 0.3 is 0 Å². The highest BCUT2D eigenvalue weighted by Crippen LogP contribution is 2.22. The molecule has 0 bridgehead atoms. The van der Waals surface area contributed by atoms with E-state index in [1.165, 1.54) is 5.56 Å². The summed E-state index contributed by atoms with van der Waals surface area (Å²) in [6.45, 7) is 2.20. The van der Waals surface area contributed by atoms with Crippen molar-refractivity contribution >= 4 is 16.7 Å². The lowest BCUT2D eigenvalue weighted by molar-refractivity contribution is -0.121. The van der Waals surface area contributed by atoms with Crippen molar-refractivity contribution in [2.45, 2.75) is 25.9 Å². The van der Waals surface area contributed by atoms with Gasteiger partial charge < -0.3 is 14.8 Å². The molecule has 0 aliphatic carbocycles. The summed E-state index contributed by atoms with van der Waals surface area (Å²) in [5, 5.41) is 15.4. The predicted molar refractivity (Wildman–Crippen MR) is 117 cm³/mol. The number of benzene rings is 3. The molecule has 5 heteroatoms. The number of hydrogen-bond donors (Lipinski definition) is 2. The normalized spacial score (nSPS) is 12.1. The SMILES string of the molecule is Cc1ccc(-c2cnc(CCC(=O)NCC(O)c3ccc4ccccc4c3)o2)cc1. The Bertz CT molecular complexity index is 1150. The first kappa shape index (κ1) is 19.9. The average Bonchev–Trinajstić information content (AvgIpc) is 3.25. The molecule has 0 aliphatic rings. The van der Waals surface area contributed by atoms with Crippen molar-refractivity contribution in [1.29, 1.82) is 0 Å². The van der Waals surface area contributed by atoms with Gasteiger partial charge in [0.25, 0.3) is 0 Å². The van der Waals surface area contributed by atoms with Crippen LogP contribution in [0, 0.1) is 6.92 Å². The van der Waals surface area contributed by atoms with Gasteiger partial charge in [-0.15, -0.1) is 0 Å². The summed E-state index contributed by atoms with van der Waals surface area (Å²) in [5.41, 5.74) is 2.92. The van der Waals surface area contributed by atoms with Crippen molar-refractivity contribution in [2.24, 2.45) is 0 Å². The Morgan fingerprint density at radius 3 is 2.63 bits per heavy atom. The molecule has 30 heavy (non-hydrogen) atoms. The number of oxazole rings is 1. The number of nitrogens with zero attached hydrogens (tertiary/aromatic N) is 1. The second-order valence-corrected chi connectivity index (χ2v) is 7.41. The fourth-order valence-corrected chi connectivity index (χ4v) is 3.33. The molecule has 5 nitrogen and oxygen atoms in total. The van der Waals surface area contributed by atoms with Crippen LogP contribution in [0.1, 0.15) is 29.5 Å². The van der Waals surface area contributed by atoms with Gasteiger partial charge in [0, 0.05) is 24.9 Å². The zero-order valence-electron chi connectivity index (χ0n) is 16.8. The molecule has 152 valence electrons. The number of aromatic nitrogens is 1. The van der Waals surface area contributed by atoms with E-state index in [1.807, 2.05) is 73.7 Å². The van der Waals surface area contributed by atoms with Gasteiger partial charge in [-0.05, 0) is 29.3 Å². The smallest absolute Gasteiger partial charge is 0.220 e. The van der Waals surface area contributed by atoms with E-state index in [9.17, 15) is 9.90 Å². The Morgan fingerprint density at radius 1 is 1.07 bits per heavy atom. The van der Waals surface area contributed by atoms with E-state index in [1.54, 1.807) is 6.20 Å². The number of carbonyl (C=O) groups is 1. The Kier molecular flexibility index (Phi) is 5.91. The zero-order valence-corrected chi connectivity index (χ0v) is 16.8. The van der Waals surface area contributed by atoms with Crippen LogP contribution in [-0.2, 0) is 11.2 Å². The third kappa shape index (κ3) is 4.75. The number of rotatable bonds is 7. The molecule has 1 heterocycles. The van der Waals surface area contributed by atoms with Crippen LogP contribution in [0.15, 0.2) is 77.3 Å². The number of carbonyl (C=O) groups excluding carboxylic acids is 1. The number of aryl methyl sites for hydroxylation is 2. The van der Waals surface area contributed by atoms with Gasteiger partial charge in [0.1, 0.15) is 0 Å². The summed E-state index contributed by atoms with van der Waals surface area (Å²) in [7, 11) is 0. The quantitative estimate of drug-likeness (QED) is 0.476. The Balaban J connectivity index is 1.28. The number of aliphatic hydroxyl groups excluding tert-OH is 1. The van der Waals surface area contributed by atoms with E-state index < -0.39 is 6.10 Å². The van der Waals surface area contributed by atoms with Crippen molar-refractivity contribution in [3.63, 3.8) is 0 Å². The van der Waals surface area contributed by atoms with Crippen LogP contribution in [0.4, 0.5) is 0 Å². The summed E-state index contributed by atoms with van der Waals surface area (Å²) < 4.78 is 5.76. The number of nitrogens with one attached hydrogen (secondary N) is 1. The third-order valence-electron chi connectivity index (χ3n) is 5.11. The lowest BCUT2D eigenvalue weighted by Gasteiger charge is -2.13. The van der Waals surface area contributed by atoms with Gasteiger partial charge in [-0.2, -0.15) is 0 Å². The Hall–Kier alpha value is -3.44. The maximum absolute atomic E-state index is 12.2. The second kappa shape index (κ2) is 8.93. The molecule has 4 aromatic rings. The molecule has 0 aliphatic heterocycles. The molecule has 3 aromatic carbocycles. The van der Waals surface area contributed by atoms with Gasteiger partial charge in [0.2, 0.25) is 5.91 Å². The van der Waals surface area contributed by atoms with Crippen LogP contribution < -0.4 is 5.32 Å². The highest BCUT2D eigenvalue weighted by atomic mass is 16.4. The minimum atomic E-state index is -0.756. The van der Waals surface area contributed by atoms with Gasteiger partial charge in [0.15, 0.2) is 11.7 Å². The van der Waals surface area contributed by atoms with Crippen molar-refractivity contribution in [3.8, 4) is 11.3 Å². The van der Waals surface area contributed by atoms with E-state index in [0.717, 1.165) is 21.9 Å². The lowest BCUT2D eigenvalue weighted by Crippen LogP contribution is -2.28. The highest BCUT2D eigenvalue weighted by molar-refractivity contribution is 5.83. The van der Waals surface area contributed by atoms with Crippen LogP contribution in [-0.4, -0.2) is 22.5 Å². The first-order valence-corrected chi connectivity index (χ1v) is 10.0. The number of fused-ring (bicyclic) bond motifs is 1. The molecule has 1 amide bonds. The molecule has 2 N–H and O–H groups in total. The van der Waals surface area contributed by atoms with E-state index in [-0.39, 0.29) is 18.9 Å². The van der Waals surface area contributed by atoms with Crippen LogP contribution in [0.3, 0.4) is 0 Å². The monoisotopic (exact) mass is 400 g/mol. The molecule has 1 atom stereocenters. The van der Waals surface area contributed by atoms with E-state index in [2.05, 4.69) is 10.3 Å². The molecular formula is C25H24N2O3. The maximum atomic E-state index is 12.2. The zero-order chi connectivity index (χ0) is 20.9. The largest absolute Gasteiger partial charge is 0.441 e. The van der Waals surface area contributed by atoms with Crippen LogP contribution in [0.5, 0.6) is 0 Å². The molecule has 0 fully saturated rings. The Morgan fingerprint density at radius 2 is 1.83 bits per heavy atom. The number of amides is 1. The van der Waals surface area contributed by atoms with Gasteiger partial charge in [-0.3, -0.25) is 4.79 Å². The number of aliphatic hydroxyl groups is 1. The lowest BCUT2D eigenvalue weighted by atomic mass is 10.0. The molecule has 1 aromatic heterocycles. The summed E-state index contributed by atoms with van der Waals surface area (Å²) in [6.07, 6.45) is 1.58. The van der Waals surface area contributed by atoms with Gasteiger partial charge in [-0.1, -0.05) is 66.2 Å².